The van der Waals surface area contributed by atoms with E-state index in [-0.39, 0.29) is 11.9 Å². The van der Waals surface area contributed by atoms with Crippen LogP contribution in [-0.4, -0.2) is 36.5 Å². The highest BCUT2D eigenvalue weighted by Gasteiger charge is 2.40. The quantitative estimate of drug-likeness (QED) is 0.870. The van der Waals surface area contributed by atoms with E-state index < -0.39 is 6.04 Å². The van der Waals surface area contributed by atoms with E-state index >= 15 is 0 Å². The largest absolute Gasteiger partial charge is 0.494 e. The van der Waals surface area contributed by atoms with Gasteiger partial charge in [-0.3, -0.25) is 4.79 Å². The topological polar surface area (TPSA) is 70.7 Å². The van der Waals surface area contributed by atoms with Gasteiger partial charge in [-0.2, -0.15) is 0 Å². The molecule has 2 aliphatic heterocycles. The Morgan fingerprint density at radius 1 is 1.25 bits per heavy atom. The lowest BCUT2D eigenvalue weighted by molar-refractivity contribution is -0.126. The minimum Gasteiger partial charge on any atom is -0.494 e. The summed E-state index contributed by atoms with van der Waals surface area (Å²) in [4.78, 5) is 26.6. The number of carbonyl (C=O) groups excluding carboxylic acids is 2. The van der Waals surface area contributed by atoms with Crippen LogP contribution in [0.1, 0.15) is 32.4 Å². The minimum absolute atomic E-state index is 0.00918. The second kappa shape index (κ2) is 6.55. The molecule has 0 radical (unpaired) electrons. The second-order valence-electron chi connectivity index (χ2n) is 6.51. The van der Waals surface area contributed by atoms with Gasteiger partial charge in [0.1, 0.15) is 5.75 Å². The molecule has 128 valence electrons. The summed E-state index contributed by atoms with van der Waals surface area (Å²) < 4.78 is 5.45. The monoisotopic (exact) mass is 329 g/mol. The number of rotatable bonds is 5. The Morgan fingerprint density at radius 2 is 1.96 bits per heavy atom. The van der Waals surface area contributed by atoms with Crippen molar-refractivity contribution in [3.63, 3.8) is 0 Å². The molecular formula is C18H23N3O3. The molecule has 1 unspecified atom stereocenters. The van der Waals surface area contributed by atoms with Crippen molar-refractivity contribution in [1.29, 1.82) is 0 Å². The van der Waals surface area contributed by atoms with Crippen LogP contribution in [0.5, 0.6) is 5.75 Å². The normalized spacial score (nSPS) is 20.2. The van der Waals surface area contributed by atoms with Crippen LogP contribution in [-0.2, 0) is 4.79 Å². The van der Waals surface area contributed by atoms with Crippen molar-refractivity contribution < 1.29 is 14.3 Å². The third kappa shape index (κ3) is 3.09. The van der Waals surface area contributed by atoms with Gasteiger partial charge >= 0.3 is 6.03 Å². The van der Waals surface area contributed by atoms with Crippen molar-refractivity contribution in [3.05, 3.63) is 41.1 Å². The highest BCUT2D eigenvalue weighted by Crippen LogP contribution is 2.33. The molecule has 6 nitrogen and oxygen atoms in total. The zero-order valence-corrected chi connectivity index (χ0v) is 14.3. The Morgan fingerprint density at radius 3 is 2.58 bits per heavy atom. The number of ether oxygens (including phenoxy) is 1. The number of nitrogens with one attached hydrogen (secondary N) is 2. The van der Waals surface area contributed by atoms with Gasteiger partial charge in [0.05, 0.1) is 30.5 Å². The van der Waals surface area contributed by atoms with Gasteiger partial charge in [-0.25, -0.2) is 4.79 Å². The Kier molecular flexibility index (Phi) is 4.46. The molecular weight excluding hydrogens is 306 g/mol. The lowest BCUT2D eigenvalue weighted by atomic mass is 9.96. The summed E-state index contributed by atoms with van der Waals surface area (Å²) in [6.45, 7) is 7.82. The molecule has 1 aromatic rings. The molecule has 3 amide bonds. The van der Waals surface area contributed by atoms with Gasteiger partial charge in [0.15, 0.2) is 0 Å². The van der Waals surface area contributed by atoms with Gasteiger partial charge in [0.2, 0.25) is 0 Å². The summed E-state index contributed by atoms with van der Waals surface area (Å²) in [5.41, 5.74) is 2.23. The Labute approximate surface area is 141 Å². The fraction of sp³-hybridized carbons (Fsp3) is 0.444. The molecule has 0 saturated carbocycles. The van der Waals surface area contributed by atoms with Gasteiger partial charge in [-0.05, 0) is 30.5 Å². The summed E-state index contributed by atoms with van der Waals surface area (Å²) in [5, 5.41) is 5.65. The molecule has 0 spiro atoms. The minimum atomic E-state index is -0.422. The zero-order chi connectivity index (χ0) is 17.3. The Balaban J connectivity index is 1.88. The van der Waals surface area contributed by atoms with E-state index in [1.165, 1.54) is 0 Å². The van der Waals surface area contributed by atoms with Crippen LogP contribution in [0, 0.1) is 5.92 Å². The fourth-order valence-electron chi connectivity index (χ4n) is 3.19. The number of urea groups is 1. The number of hydrogen-bond donors (Lipinski definition) is 2. The Hall–Kier alpha value is -2.50. The van der Waals surface area contributed by atoms with Crippen molar-refractivity contribution in [3.8, 4) is 5.75 Å². The van der Waals surface area contributed by atoms with E-state index in [1.54, 1.807) is 4.90 Å². The SMILES string of the molecule is CCOc1ccc(C2NC(=O)NC3=C2C(=O)N(CC(C)C)C3)cc1. The van der Waals surface area contributed by atoms with Crippen LogP contribution in [0.15, 0.2) is 35.5 Å². The number of hydrogen-bond acceptors (Lipinski definition) is 3. The number of amides is 3. The van der Waals surface area contributed by atoms with E-state index in [4.69, 9.17) is 4.74 Å². The maximum Gasteiger partial charge on any atom is 0.319 e. The first-order valence-electron chi connectivity index (χ1n) is 8.32. The van der Waals surface area contributed by atoms with E-state index in [9.17, 15) is 9.59 Å². The summed E-state index contributed by atoms with van der Waals surface area (Å²) in [6, 6.07) is 6.81. The van der Waals surface area contributed by atoms with Crippen LogP contribution in [0.3, 0.4) is 0 Å². The molecule has 2 heterocycles. The lowest BCUT2D eigenvalue weighted by Crippen LogP contribution is -2.44. The predicted octanol–water partition coefficient (Wildman–Crippen LogP) is 2.19. The smallest absolute Gasteiger partial charge is 0.319 e. The number of benzene rings is 1. The molecule has 0 saturated heterocycles. The standard InChI is InChI=1S/C18H23N3O3/c1-4-24-13-7-5-12(6-8-13)16-15-14(19-18(23)20-16)10-21(17(15)22)9-11(2)3/h5-8,11,16H,4,9-10H2,1-3H3,(H2,19,20,23). The van der Waals surface area contributed by atoms with E-state index in [1.807, 2.05) is 31.2 Å². The summed E-state index contributed by atoms with van der Waals surface area (Å²) >= 11 is 0. The summed E-state index contributed by atoms with van der Waals surface area (Å²) in [5.74, 6) is 1.14. The van der Waals surface area contributed by atoms with Gasteiger partial charge < -0.3 is 20.3 Å². The molecule has 2 aliphatic rings. The van der Waals surface area contributed by atoms with E-state index in [0.29, 0.717) is 36.9 Å². The number of nitrogens with zero attached hydrogens (tertiary/aromatic N) is 1. The van der Waals surface area contributed by atoms with Crippen molar-refractivity contribution in [2.24, 2.45) is 5.92 Å². The molecule has 0 aromatic heterocycles. The van der Waals surface area contributed by atoms with Gasteiger partial charge in [0, 0.05) is 6.54 Å². The third-order valence-corrected chi connectivity index (χ3v) is 4.13. The molecule has 1 atom stereocenters. The first-order chi connectivity index (χ1) is 11.5. The van der Waals surface area contributed by atoms with Gasteiger partial charge in [0.25, 0.3) is 5.91 Å². The van der Waals surface area contributed by atoms with Crippen molar-refractivity contribution >= 4 is 11.9 Å². The maximum absolute atomic E-state index is 12.8. The van der Waals surface area contributed by atoms with Crippen LogP contribution >= 0.6 is 0 Å². The zero-order valence-electron chi connectivity index (χ0n) is 14.3. The lowest BCUT2D eigenvalue weighted by Gasteiger charge is -2.25. The maximum atomic E-state index is 12.8. The van der Waals surface area contributed by atoms with Gasteiger partial charge in [-0.15, -0.1) is 0 Å². The third-order valence-electron chi connectivity index (χ3n) is 4.13. The molecule has 0 aliphatic carbocycles. The van der Waals surface area contributed by atoms with Gasteiger partial charge in [-0.1, -0.05) is 26.0 Å². The summed E-state index contributed by atoms with van der Waals surface area (Å²) in [6.07, 6.45) is 0. The van der Waals surface area contributed by atoms with E-state index in [0.717, 1.165) is 11.3 Å². The molecule has 6 heteroatoms. The van der Waals surface area contributed by atoms with Crippen molar-refractivity contribution in [1.82, 2.24) is 15.5 Å². The number of carbonyl (C=O) groups is 2. The molecule has 0 fully saturated rings. The predicted molar refractivity (Wildman–Crippen MR) is 90.5 cm³/mol. The first kappa shape index (κ1) is 16.4. The first-order valence-corrected chi connectivity index (χ1v) is 8.32. The van der Waals surface area contributed by atoms with Crippen LogP contribution < -0.4 is 15.4 Å². The second-order valence-corrected chi connectivity index (χ2v) is 6.51. The summed E-state index contributed by atoms with van der Waals surface area (Å²) in [7, 11) is 0. The molecule has 2 N–H and O–H groups in total. The van der Waals surface area contributed by atoms with Crippen molar-refractivity contribution in [2.75, 3.05) is 19.7 Å². The fourth-order valence-corrected chi connectivity index (χ4v) is 3.19. The molecule has 24 heavy (non-hydrogen) atoms. The Bertz CT molecular complexity index is 679. The highest BCUT2D eigenvalue weighted by molar-refractivity contribution is 6.01. The average Bonchev–Trinajstić information content (AvgIpc) is 2.83. The van der Waals surface area contributed by atoms with Crippen LogP contribution in [0.2, 0.25) is 0 Å². The highest BCUT2D eigenvalue weighted by atomic mass is 16.5. The molecule has 1 aromatic carbocycles. The van der Waals surface area contributed by atoms with Crippen molar-refractivity contribution in [2.45, 2.75) is 26.8 Å². The van der Waals surface area contributed by atoms with Crippen LogP contribution in [0.25, 0.3) is 0 Å². The molecule has 3 rings (SSSR count). The van der Waals surface area contributed by atoms with E-state index in [2.05, 4.69) is 24.5 Å². The molecule has 0 bridgehead atoms. The average molecular weight is 329 g/mol. The van der Waals surface area contributed by atoms with Crippen LogP contribution in [0.4, 0.5) is 4.79 Å².